The lowest BCUT2D eigenvalue weighted by Crippen LogP contribution is -2.43. The summed E-state index contributed by atoms with van der Waals surface area (Å²) in [5.41, 5.74) is 2.44. The van der Waals surface area contributed by atoms with Crippen LogP contribution in [0.5, 0.6) is 0 Å². The van der Waals surface area contributed by atoms with Gasteiger partial charge in [0.1, 0.15) is 5.82 Å². The zero-order valence-corrected chi connectivity index (χ0v) is 12.1. The van der Waals surface area contributed by atoms with Gasteiger partial charge in [-0.05, 0) is 30.7 Å². The summed E-state index contributed by atoms with van der Waals surface area (Å²) in [7, 11) is 1.99. The summed E-state index contributed by atoms with van der Waals surface area (Å²) in [4.78, 5) is 16.5. The van der Waals surface area contributed by atoms with Crippen LogP contribution >= 0.6 is 0 Å². The minimum absolute atomic E-state index is 0.134. The highest BCUT2D eigenvalue weighted by Gasteiger charge is 2.27. The third kappa shape index (κ3) is 2.27. The molecule has 0 aromatic heterocycles. The second kappa shape index (κ2) is 5.20. The van der Waals surface area contributed by atoms with Crippen molar-refractivity contribution in [2.24, 2.45) is 0 Å². The number of carbonyl (C=O) groups is 1. The van der Waals surface area contributed by atoms with Crippen molar-refractivity contribution in [1.82, 2.24) is 0 Å². The molecule has 0 radical (unpaired) electrons. The minimum atomic E-state index is -0.432. The van der Waals surface area contributed by atoms with Crippen molar-refractivity contribution in [2.45, 2.75) is 6.92 Å². The Balaban J connectivity index is 2.03. The first-order valence-corrected chi connectivity index (χ1v) is 6.96. The van der Waals surface area contributed by atoms with Gasteiger partial charge in [-0.1, -0.05) is 24.3 Å². The Kier molecular flexibility index (Phi) is 3.37. The molecule has 0 bridgehead atoms. The van der Waals surface area contributed by atoms with Crippen LogP contribution in [-0.2, 0) is 0 Å². The molecule has 0 saturated carbocycles. The molecule has 0 spiro atoms. The van der Waals surface area contributed by atoms with Gasteiger partial charge in [0.2, 0.25) is 0 Å². The summed E-state index contributed by atoms with van der Waals surface area (Å²) in [5.74, 6) is -0.712. The number of aryl methyl sites for hydroxylation is 1. The molecule has 3 nitrogen and oxygen atoms in total. The Hall–Kier alpha value is -2.36. The van der Waals surface area contributed by atoms with Gasteiger partial charge in [0.25, 0.3) is 5.91 Å². The summed E-state index contributed by atoms with van der Waals surface area (Å²) in [5, 5.41) is 0. The summed E-state index contributed by atoms with van der Waals surface area (Å²) >= 11 is 0. The van der Waals surface area contributed by atoms with E-state index in [4.69, 9.17) is 0 Å². The smallest absolute Gasteiger partial charge is 0.261 e. The number of rotatable bonds is 1. The molecule has 0 fully saturated rings. The predicted octanol–water partition coefficient (Wildman–Crippen LogP) is 3.23. The molecule has 0 N–H and O–H groups in total. The van der Waals surface area contributed by atoms with Crippen molar-refractivity contribution in [3.63, 3.8) is 0 Å². The molecule has 1 aliphatic rings. The minimum Gasteiger partial charge on any atom is -0.371 e. The van der Waals surface area contributed by atoms with Gasteiger partial charge < -0.3 is 9.80 Å². The van der Waals surface area contributed by atoms with E-state index >= 15 is 0 Å². The highest BCUT2D eigenvalue weighted by atomic mass is 19.1. The van der Waals surface area contributed by atoms with Crippen molar-refractivity contribution in [3.05, 3.63) is 59.4 Å². The third-order valence-electron chi connectivity index (χ3n) is 3.91. The monoisotopic (exact) mass is 284 g/mol. The predicted molar refractivity (Wildman–Crippen MR) is 82.5 cm³/mol. The van der Waals surface area contributed by atoms with Gasteiger partial charge in [0.05, 0.1) is 16.9 Å². The molecule has 0 aliphatic carbocycles. The number of amides is 1. The highest BCUT2D eigenvalue weighted by molar-refractivity contribution is 6.08. The van der Waals surface area contributed by atoms with E-state index < -0.39 is 5.82 Å². The number of para-hydroxylation sites is 2. The van der Waals surface area contributed by atoms with Crippen molar-refractivity contribution < 1.29 is 9.18 Å². The molecule has 0 saturated heterocycles. The van der Waals surface area contributed by atoms with E-state index in [0.29, 0.717) is 12.1 Å². The number of hydrogen-bond acceptors (Lipinski definition) is 2. The van der Waals surface area contributed by atoms with Crippen LogP contribution in [0.4, 0.5) is 15.8 Å². The van der Waals surface area contributed by atoms with Crippen LogP contribution in [0, 0.1) is 12.7 Å². The van der Waals surface area contributed by atoms with E-state index in [-0.39, 0.29) is 11.5 Å². The van der Waals surface area contributed by atoms with Crippen LogP contribution in [0.1, 0.15) is 15.9 Å². The number of fused-ring (bicyclic) bond motifs is 1. The molecule has 1 heterocycles. The number of halogens is 1. The normalized spacial score (nSPS) is 14.0. The lowest BCUT2D eigenvalue weighted by molar-refractivity contribution is 0.0982. The van der Waals surface area contributed by atoms with Crippen molar-refractivity contribution in [3.8, 4) is 0 Å². The first-order valence-electron chi connectivity index (χ1n) is 6.96. The Morgan fingerprint density at radius 1 is 1.05 bits per heavy atom. The Bertz CT molecular complexity index is 699. The molecule has 108 valence electrons. The second-order valence-corrected chi connectivity index (χ2v) is 5.30. The van der Waals surface area contributed by atoms with E-state index in [0.717, 1.165) is 17.9 Å². The Morgan fingerprint density at radius 3 is 2.52 bits per heavy atom. The number of likely N-dealkylation sites (N-methyl/N-ethyl adjacent to an activating group) is 1. The molecule has 0 unspecified atom stereocenters. The second-order valence-electron chi connectivity index (χ2n) is 5.30. The highest BCUT2D eigenvalue weighted by Crippen LogP contribution is 2.33. The maximum atomic E-state index is 14.2. The molecular formula is C17H17FN2O. The SMILES string of the molecule is Cc1cccc(C(=O)N2CCN(C)c3ccccc32)c1F. The summed E-state index contributed by atoms with van der Waals surface area (Å²) in [6, 6.07) is 12.6. The van der Waals surface area contributed by atoms with Crippen LogP contribution in [0.15, 0.2) is 42.5 Å². The molecule has 0 atom stereocenters. The van der Waals surface area contributed by atoms with E-state index in [1.165, 1.54) is 0 Å². The number of anilines is 2. The lowest BCUT2D eigenvalue weighted by atomic mass is 10.1. The largest absolute Gasteiger partial charge is 0.371 e. The van der Waals surface area contributed by atoms with Gasteiger partial charge in [-0.3, -0.25) is 4.79 Å². The summed E-state index contributed by atoms with van der Waals surface area (Å²) in [6.45, 7) is 2.96. The van der Waals surface area contributed by atoms with Gasteiger partial charge in [0.15, 0.2) is 0 Å². The molecular weight excluding hydrogens is 267 g/mol. The Labute approximate surface area is 123 Å². The van der Waals surface area contributed by atoms with Crippen LogP contribution in [0.3, 0.4) is 0 Å². The molecule has 2 aromatic carbocycles. The van der Waals surface area contributed by atoms with Crippen LogP contribution in [0.25, 0.3) is 0 Å². The molecule has 4 heteroatoms. The third-order valence-corrected chi connectivity index (χ3v) is 3.91. The van der Waals surface area contributed by atoms with E-state index in [2.05, 4.69) is 4.90 Å². The van der Waals surface area contributed by atoms with Crippen LogP contribution in [0.2, 0.25) is 0 Å². The molecule has 3 rings (SSSR count). The fourth-order valence-electron chi connectivity index (χ4n) is 2.68. The number of carbonyl (C=O) groups excluding carboxylic acids is 1. The maximum absolute atomic E-state index is 14.2. The average molecular weight is 284 g/mol. The average Bonchev–Trinajstić information content (AvgIpc) is 2.50. The van der Waals surface area contributed by atoms with Gasteiger partial charge >= 0.3 is 0 Å². The quantitative estimate of drug-likeness (QED) is 0.802. The van der Waals surface area contributed by atoms with Gasteiger partial charge in [-0.2, -0.15) is 0 Å². The van der Waals surface area contributed by atoms with Gasteiger partial charge in [0, 0.05) is 20.1 Å². The summed E-state index contributed by atoms with van der Waals surface area (Å²) in [6.07, 6.45) is 0. The van der Waals surface area contributed by atoms with Crippen LogP contribution < -0.4 is 9.80 Å². The van der Waals surface area contributed by atoms with E-state index in [9.17, 15) is 9.18 Å². The zero-order valence-electron chi connectivity index (χ0n) is 12.1. The first kappa shape index (κ1) is 13.6. The molecule has 1 amide bonds. The zero-order chi connectivity index (χ0) is 15.0. The van der Waals surface area contributed by atoms with Crippen molar-refractivity contribution >= 4 is 17.3 Å². The van der Waals surface area contributed by atoms with E-state index in [1.54, 1.807) is 30.0 Å². The van der Waals surface area contributed by atoms with E-state index in [1.807, 2.05) is 31.3 Å². The number of hydrogen-bond donors (Lipinski definition) is 0. The molecule has 1 aliphatic heterocycles. The van der Waals surface area contributed by atoms with Crippen LogP contribution in [-0.4, -0.2) is 26.0 Å². The van der Waals surface area contributed by atoms with Gasteiger partial charge in [-0.25, -0.2) is 4.39 Å². The van der Waals surface area contributed by atoms with Crippen molar-refractivity contribution in [1.29, 1.82) is 0 Å². The topological polar surface area (TPSA) is 23.6 Å². The standard InChI is InChI=1S/C17H17FN2O/c1-12-6-5-7-13(16(12)18)17(21)20-11-10-19(2)14-8-3-4-9-15(14)20/h3-9H,10-11H2,1-2H3. The summed E-state index contributed by atoms with van der Waals surface area (Å²) < 4.78 is 14.2. The fourth-order valence-corrected chi connectivity index (χ4v) is 2.68. The number of nitrogens with zero attached hydrogens (tertiary/aromatic N) is 2. The van der Waals surface area contributed by atoms with Crippen molar-refractivity contribution in [2.75, 3.05) is 29.9 Å². The molecule has 21 heavy (non-hydrogen) atoms. The fraction of sp³-hybridized carbons (Fsp3) is 0.235. The first-order chi connectivity index (χ1) is 10.1. The molecule has 2 aromatic rings. The lowest BCUT2D eigenvalue weighted by Gasteiger charge is -2.35. The maximum Gasteiger partial charge on any atom is 0.261 e. The van der Waals surface area contributed by atoms with Gasteiger partial charge in [-0.15, -0.1) is 0 Å². The Morgan fingerprint density at radius 2 is 1.76 bits per heavy atom. The number of benzene rings is 2.